The Morgan fingerprint density at radius 3 is 2.00 bits per heavy atom. The predicted octanol–water partition coefficient (Wildman–Crippen LogP) is 5.77. The summed E-state index contributed by atoms with van der Waals surface area (Å²) in [6.07, 6.45) is -0.239. The number of hydrogen-bond acceptors (Lipinski definition) is 8. The van der Waals surface area contributed by atoms with Crippen molar-refractivity contribution in [1.82, 2.24) is 20.1 Å². The van der Waals surface area contributed by atoms with Crippen LogP contribution < -0.4 is 10.1 Å². The molecule has 0 spiro atoms. The van der Waals surface area contributed by atoms with E-state index in [1.165, 1.54) is 17.2 Å². The number of ether oxygens (including phenoxy) is 2. The van der Waals surface area contributed by atoms with Gasteiger partial charge in [-0.05, 0) is 39.8 Å². The molecule has 1 N–H and O–H groups in total. The number of rotatable bonds is 15. The van der Waals surface area contributed by atoms with Crippen molar-refractivity contribution in [1.29, 1.82) is 0 Å². The van der Waals surface area contributed by atoms with E-state index in [0.29, 0.717) is 6.42 Å². The number of aromatic nitrogens is 1. The van der Waals surface area contributed by atoms with Crippen molar-refractivity contribution in [3.05, 3.63) is 45.2 Å². The highest BCUT2D eigenvalue weighted by Gasteiger charge is 2.38. The Balaban J connectivity index is 2.33. The van der Waals surface area contributed by atoms with Crippen molar-refractivity contribution in [2.75, 3.05) is 21.1 Å². The Bertz CT molecular complexity index is 1370. The Labute approximate surface area is 270 Å². The van der Waals surface area contributed by atoms with Crippen LogP contribution in [0, 0.1) is 40.9 Å². The standard InChI is InChI=1S/C31H43F5N4O5S/c1-11-16(4)26(38-30(43)31(6,7)39(8)9)29(42)40(10)19(15(2)3)12-20(45-17(5)41)28-37-18(14-46-28)13-44-27-24(35)22(33)21(32)23(34)25(27)36/h14-16,19-20,26H,11-13H2,1-10H3,(H,38,43)/t16-,19+,20+,26-/m0/s1. The summed E-state index contributed by atoms with van der Waals surface area (Å²) in [5.41, 5.74) is -0.805. The van der Waals surface area contributed by atoms with Gasteiger partial charge in [0.2, 0.25) is 40.9 Å². The molecule has 258 valence electrons. The molecule has 0 fully saturated rings. The highest BCUT2D eigenvalue weighted by molar-refractivity contribution is 7.09. The zero-order valence-corrected chi connectivity index (χ0v) is 28.6. The van der Waals surface area contributed by atoms with Crippen molar-refractivity contribution in [2.45, 2.75) is 91.6 Å². The maximum Gasteiger partial charge on any atom is 0.303 e. The second-order valence-corrected chi connectivity index (χ2v) is 13.1. The molecule has 0 saturated carbocycles. The van der Waals surface area contributed by atoms with E-state index in [1.54, 1.807) is 39.9 Å². The van der Waals surface area contributed by atoms with Crippen LogP contribution in [0.3, 0.4) is 0 Å². The highest BCUT2D eigenvalue weighted by Crippen LogP contribution is 2.33. The summed E-state index contributed by atoms with van der Waals surface area (Å²) in [6, 6.07) is -1.33. The molecule has 2 aromatic rings. The van der Waals surface area contributed by atoms with Gasteiger partial charge in [0.25, 0.3) is 0 Å². The third kappa shape index (κ3) is 8.93. The molecule has 0 radical (unpaired) electrons. The lowest BCUT2D eigenvalue weighted by molar-refractivity contribution is -0.149. The number of amides is 2. The number of carbonyl (C=O) groups excluding carboxylic acids is 3. The Morgan fingerprint density at radius 2 is 1.52 bits per heavy atom. The number of esters is 1. The normalized spacial score (nSPS) is 14.5. The van der Waals surface area contributed by atoms with E-state index >= 15 is 0 Å². The van der Waals surface area contributed by atoms with Gasteiger partial charge in [-0.3, -0.25) is 19.3 Å². The number of halogens is 5. The second-order valence-electron chi connectivity index (χ2n) is 12.2. The summed E-state index contributed by atoms with van der Waals surface area (Å²) in [7, 11) is 5.15. The third-order valence-electron chi connectivity index (χ3n) is 8.20. The highest BCUT2D eigenvalue weighted by atomic mass is 32.1. The molecule has 0 bridgehead atoms. The van der Waals surface area contributed by atoms with E-state index in [2.05, 4.69) is 10.3 Å². The summed E-state index contributed by atoms with van der Waals surface area (Å²) in [5.74, 6) is -13.9. The number of benzene rings is 1. The minimum absolute atomic E-state index is 0.0784. The molecule has 1 aromatic carbocycles. The van der Waals surface area contributed by atoms with Crippen LogP contribution in [0.2, 0.25) is 0 Å². The molecule has 0 saturated heterocycles. The third-order valence-corrected chi connectivity index (χ3v) is 9.18. The number of likely N-dealkylation sites (N-methyl/N-ethyl adjacent to an activating group) is 2. The monoisotopic (exact) mass is 678 g/mol. The zero-order chi connectivity index (χ0) is 35.3. The second kappa shape index (κ2) is 16.0. The molecule has 1 heterocycles. The molecule has 9 nitrogen and oxygen atoms in total. The van der Waals surface area contributed by atoms with E-state index in [-0.39, 0.29) is 40.8 Å². The van der Waals surface area contributed by atoms with Crippen LogP contribution >= 0.6 is 11.3 Å². The van der Waals surface area contributed by atoms with Gasteiger partial charge in [0.15, 0.2) is 11.9 Å². The summed E-state index contributed by atoms with van der Waals surface area (Å²) in [5, 5.41) is 4.62. The van der Waals surface area contributed by atoms with E-state index in [9.17, 15) is 36.3 Å². The lowest BCUT2D eigenvalue weighted by Gasteiger charge is -2.38. The molecule has 46 heavy (non-hydrogen) atoms. The Hall–Kier alpha value is -3.33. The lowest BCUT2D eigenvalue weighted by atomic mass is 9.92. The largest absolute Gasteiger partial charge is 0.481 e. The van der Waals surface area contributed by atoms with Gasteiger partial charge < -0.3 is 19.7 Å². The first-order chi connectivity index (χ1) is 21.3. The van der Waals surface area contributed by atoms with Crippen LogP contribution in [-0.2, 0) is 25.7 Å². The minimum atomic E-state index is -2.30. The van der Waals surface area contributed by atoms with E-state index in [4.69, 9.17) is 9.47 Å². The first-order valence-corrected chi connectivity index (χ1v) is 15.6. The van der Waals surface area contributed by atoms with Crippen LogP contribution in [0.25, 0.3) is 0 Å². The van der Waals surface area contributed by atoms with Crippen LogP contribution in [-0.4, -0.2) is 71.3 Å². The van der Waals surface area contributed by atoms with Crippen LogP contribution in [0.15, 0.2) is 5.38 Å². The van der Waals surface area contributed by atoms with Crippen LogP contribution in [0.5, 0.6) is 5.75 Å². The van der Waals surface area contributed by atoms with Gasteiger partial charge in [0, 0.05) is 31.8 Å². The molecule has 1 aromatic heterocycles. The molecule has 15 heteroatoms. The van der Waals surface area contributed by atoms with Crippen molar-refractivity contribution < 1.29 is 45.8 Å². The number of hydrogen-bond donors (Lipinski definition) is 1. The first kappa shape index (κ1) is 38.9. The van der Waals surface area contributed by atoms with Crippen molar-refractivity contribution in [2.24, 2.45) is 11.8 Å². The molecule has 2 rings (SSSR count). The van der Waals surface area contributed by atoms with Gasteiger partial charge in [-0.1, -0.05) is 34.1 Å². The summed E-state index contributed by atoms with van der Waals surface area (Å²) < 4.78 is 79.1. The van der Waals surface area contributed by atoms with Gasteiger partial charge in [0.1, 0.15) is 17.7 Å². The predicted molar refractivity (Wildman–Crippen MR) is 162 cm³/mol. The number of thiazole rings is 1. The van der Waals surface area contributed by atoms with Gasteiger partial charge in [-0.2, -0.15) is 8.78 Å². The summed E-state index contributed by atoms with van der Waals surface area (Å²) in [4.78, 5) is 46.8. The first-order valence-electron chi connectivity index (χ1n) is 14.8. The minimum Gasteiger partial charge on any atom is -0.481 e. The average Bonchev–Trinajstić information content (AvgIpc) is 3.47. The summed E-state index contributed by atoms with van der Waals surface area (Å²) in [6.45, 7) is 11.6. The molecule has 0 aliphatic heterocycles. The van der Waals surface area contributed by atoms with Gasteiger partial charge in [-0.25, -0.2) is 18.2 Å². The Kier molecular flexibility index (Phi) is 13.5. The fraction of sp³-hybridized carbons (Fsp3) is 0.613. The van der Waals surface area contributed by atoms with Gasteiger partial charge in [0.05, 0.1) is 11.2 Å². The molecular weight excluding hydrogens is 635 g/mol. The van der Waals surface area contributed by atoms with Crippen molar-refractivity contribution >= 4 is 29.1 Å². The lowest BCUT2D eigenvalue weighted by Crippen LogP contribution is -2.60. The fourth-order valence-electron chi connectivity index (χ4n) is 4.48. The van der Waals surface area contributed by atoms with Gasteiger partial charge >= 0.3 is 5.97 Å². The number of nitrogens with one attached hydrogen (secondary N) is 1. The maximum atomic E-state index is 14.1. The fourth-order valence-corrected chi connectivity index (χ4v) is 5.32. The van der Waals surface area contributed by atoms with E-state index in [0.717, 1.165) is 11.3 Å². The zero-order valence-electron chi connectivity index (χ0n) is 27.8. The number of nitrogens with zero attached hydrogens (tertiary/aromatic N) is 3. The van der Waals surface area contributed by atoms with Crippen molar-refractivity contribution in [3.63, 3.8) is 0 Å². The SMILES string of the molecule is CC[C@H](C)[C@H](NC(=O)C(C)(C)N(C)C)C(=O)N(C)[C@H](C[C@@H](OC(C)=O)c1nc(COc2c(F)c(F)c(F)c(F)c2F)cs1)C(C)C. The summed E-state index contributed by atoms with van der Waals surface area (Å²) >= 11 is 1.03. The van der Waals surface area contributed by atoms with Crippen molar-refractivity contribution in [3.8, 4) is 5.75 Å². The molecular formula is C31H43F5N4O5S. The average molecular weight is 679 g/mol. The molecule has 4 atom stereocenters. The molecule has 2 amide bonds. The molecule has 0 aliphatic rings. The Morgan fingerprint density at radius 1 is 0.978 bits per heavy atom. The van der Waals surface area contributed by atoms with Gasteiger partial charge in [-0.15, -0.1) is 11.3 Å². The smallest absolute Gasteiger partial charge is 0.303 e. The van der Waals surface area contributed by atoms with E-state index in [1.807, 2.05) is 27.7 Å². The maximum absolute atomic E-state index is 14.1. The van der Waals surface area contributed by atoms with Crippen LogP contribution in [0.4, 0.5) is 22.0 Å². The molecule has 0 unspecified atom stereocenters. The molecule has 0 aliphatic carbocycles. The van der Waals surface area contributed by atoms with Crippen LogP contribution in [0.1, 0.15) is 78.1 Å². The van der Waals surface area contributed by atoms with E-state index < -0.39 is 71.1 Å². The quantitative estimate of drug-likeness (QED) is 0.111. The number of carbonyl (C=O) groups is 3. The topological polar surface area (TPSA) is 101 Å².